The summed E-state index contributed by atoms with van der Waals surface area (Å²) < 4.78 is 1.72. The van der Waals surface area contributed by atoms with Crippen molar-refractivity contribution in [3.05, 3.63) is 28.7 Å². The van der Waals surface area contributed by atoms with Crippen molar-refractivity contribution in [1.29, 1.82) is 0 Å². The quantitative estimate of drug-likeness (QED) is 0.599. The number of nitrogens with zero attached hydrogens (tertiary/aromatic N) is 3. The van der Waals surface area contributed by atoms with Gasteiger partial charge >= 0.3 is 0 Å². The summed E-state index contributed by atoms with van der Waals surface area (Å²) >= 11 is 1.61. The summed E-state index contributed by atoms with van der Waals surface area (Å²) in [5.74, 6) is 0.929. The van der Waals surface area contributed by atoms with Crippen LogP contribution in [0.1, 0.15) is 0 Å². The van der Waals surface area contributed by atoms with Gasteiger partial charge in [0.1, 0.15) is 0 Å². The summed E-state index contributed by atoms with van der Waals surface area (Å²) in [7, 11) is 0. The van der Waals surface area contributed by atoms with Gasteiger partial charge in [-0.1, -0.05) is 11.8 Å². The van der Waals surface area contributed by atoms with Crippen LogP contribution in [0.4, 0.5) is 0 Å². The molecule has 70 valence electrons. The van der Waals surface area contributed by atoms with E-state index in [0.717, 1.165) is 17.5 Å². The van der Waals surface area contributed by atoms with E-state index in [0.29, 0.717) is 11.0 Å². The van der Waals surface area contributed by atoms with Gasteiger partial charge in [0.25, 0.3) is 5.56 Å². The van der Waals surface area contributed by atoms with Crippen LogP contribution in [0.3, 0.4) is 0 Å². The van der Waals surface area contributed by atoms with E-state index in [-0.39, 0.29) is 5.56 Å². The highest BCUT2D eigenvalue weighted by Gasteiger charge is 2.16. The molecule has 2 aromatic rings. The zero-order chi connectivity index (χ0) is 9.54. The van der Waals surface area contributed by atoms with Crippen LogP contribution in [-0.2, 0) is 6.54 Å². The van der Waals surface area contributed by atoms with Crippen molar-refractivity contribution in [3.8, 4) is 0 Å². The van der Waals surface area contributed by atoms with Gasteiger partial charge in [-0.05, 0) is 12.1 Å². The monoisotopic (exact) mass is 205 g/mol. The molecule has 4 nitrogen and oxygen atoms in total. The molecule has 0 saturated carbocycles. The number of rotatable bonds is 0. The van der Waals surface area contributed by atoms with Crippen LogP contribution in [-0.4, -0.2) is 20.3 Å². The van der Waals surface area contributed by atoms with Gasteiger partial charge in [-0.25, -0.2) is 9.97 Å². The number of aromatic nitrogens is 3. The highest BCUT2D eigenvalue weighted by atomic mass is 32.2. The van der Waals surface area contributed by atoms with Crippen molar-refractivity contribution >= 4 is 22.8 Å². The summed E-state index contributed by atoms with van der Waals surface area (Å²) in [5, 5.41) is 1.40. The van der Waals surface area contributed by atoms with E-state index in [1.807, 2.05) is 0 Å². The Morgan fingerprint density at radius 2 is 2.43 bits per heavy atom. The van der Waals surface area contributed by atoms with Gasteiger partial charge < -0.3 is 0 Å². The second-order valence-corrected chi connectivity index (χ2v) is 4.14. The molecule has 3 rings (SSSR count). The van der Waals surface area contributed by atoms with E-state index in [2.05, 4.69) is 9.97 Å². The number of thioether (sulfide) groups is 1. The molecule has 0 saturated heterocycles. The first kappa shape index (κ1) is 7.99. The fourth-order valence-corrected chi connectivity index (χ4v) is 2.51. The standard InChI is InChI=1S/C9H7N3OS/c13-8-6-2-1-3-10-7(6)11-9-12(8)4-5-14-9/h1-3H,4-5H2. The number of fused-ring (bicyclic) bond motifs is 2. The lowest BCUT2D eigenvalue weighted by atomic mass is 10.3. The molecule has 0 bridgehead atoms. The Morgan fingerprint density at radius 1 is 1.50 bits per heavy atom. The van der Waals surface area contributed by atoms with Gasteiger partial charge in [0.05, 0.1) is 5.39 Å². The normalized spacial score (nSPS) is 14.6. The maximum Gasteiger partial charge on any atom is 0.263 e. The minimum atomic E-state index is 0.0306. The van der Waals surface area contributed by atoms with Crippen LogP contribution >= 0.6 is 11.8 Å². The third-order valence-corrected chi connectivity index (χ3v) is 3.20. The molecule has 0 N–H and O–H groups in total. The average Bonchev–Trinajstić information content (AvgIpc) is 2.66. The van der Waals surface area contributed by atoms with Gasteiger partial charge in [-0.15, -0.1) is 0 Å². The van der Waals surface area contributed by atoms with Crippen LogP contribution < -0.4 is 5.56 Å². The summed E-state index contributed by atoms with van der Waals surface area (Å²) in [6.45, 7) is 0.761. The third-order valence-electron chi connectivity index (χ3n) is 2.24. The second-order valence-electron chi connectivity index (χ2n) is 3.07. The fourth-order valence-electron chi connectivity index (χ4n) is 1.57. The molecule has 2 aromatic heterocycles. The fraction of sp³-hybridized carbons (Fsp3) is 0.222. The summed E-state index contributed by atoms with van der Waals surface area (Å²) in [6, 6.07) is 3.54. The highest BCUT2D eigenvalue weighted by molar-refractivity contribution is 7.99. The van der Waals surface area contributed by atoms with Crippen LogP contribution in [0, 0.1) is 0 Å². The number of pyridine rings is 1. The van der Waals surface area contributed by atoms with E-state index in [1.54, 1.807) is 34.7 Å². The predicted octanol–water partition coefficient (Wildman–Crippen LogP) is 0.897. The van der Waals surface area contributed by atoms with Gasteiger partial charge in [-0.3, -0.25) is 9.36 Å². The Hall–Kier alpha value is -1.36. The molecule has 14 heavy (non-hydrogen) atoms. The molecule has 3 heterocycles. The molecule has 0 fully saturated rings. The Balaban J connectivity index is 2.50. The molecule has 0 amide bonds. The van der Waals surface area contributed by atoms with Gasteiger partial charge in [0, 0.05) is 18.5 Å². The van der Waals surface area contributed by atoms with E-state index in [1.165, 1.54) is 0 Å². The van der Waals surface area contributed by atoms with E-state index < -0.39 is 0 Å². The molecule has 0 aliphatic carbocycles. The molecule has 1 aliphatic heterocycles. The largest absolute Gasteiger partial charge is 0.286 e. The average molecular weight is 205 g/mol. The SMILES string of the molecule is O=c1c2cccnc2nc2n1CCS2. The minimum Gasteiger partial charge on any atom is -0.286 e. The first-order valence-corrected chi connectivity index (χ1v) is 5.33. The minimum absolute atomic E-state index is 0.0306. The molecule has 0 atom stereocenters. The first-order valence-electron chi connectivity index (χ1n) is 4.34. The Kier molecular flexibility index (Phi) is 1.61. The second kappa shape index (κ2) is 2.81. The Labute approximate surface area is 84.0 Å². The topological polar surface area (TPSA) is 47.8 Å². The maximum absolute atomic E-state index is 11.9. The summed E-state index contributed by atoms with van der Waals surface area (Å²) in [5.41, 5.74) is 0.584. The molecular formula is C9H7N3OS. The Morgan fingerprint density at radius 3 is 3.36 bits per heavy atom. The van der Waals surface area contributed by atoms with Crippen LogP contribution in [0.5, 0.6) is 0 Å². The van der Waals surface area contributed by atoms with Crippen molar-refractivity contribution in [3.63, 3.8) is 0 Å². The number of hydrogen-bond donors (Lipinski definition) is 0. The van der Waals surface area contributed by atoms with Crippen molar-refractivity contribution in [2.45, 2.75) is 11.7 Å². The first-order chi connectivity index (χ1) is 6.86. The third kappa shape index (κ3) is 0.988. The highest BCUT2D eigenvalue weighted by Crippen LogP contribution is 2.22. The van der Waals surface area contributed by atoms with E-state index in [4.69, 9.17) is 0 Å². The molecule has 0 radical (unpaired) electrons. The lowest BCUT2D eigenvalue weighted by molar-refractivity contribution is 0.667. The van der Waals surface area contributed by atoms with Crippen molar-refractivity contribution in [2.75, 3.05) is 5.75 Å². The predicted molar refractivity (Wildman–Crippen MR) is 54.5 cm³/mol. The summed E-state index contributed by atoms with van der Waals surface area (Å²) in [6.07, 6.45) is 1.66. The van der Waals surface area contributed by atoms with Crippen LogP contribution in [0.15, 0.2) is 28.3 Å². The molecule has 0 spiro atoms. The zero-order valence-corrected chi connectivity index (χ0v) is 8.12. The lowest BCUT2D eigenvalue weighted by Gasteiger charge is -2.01. The van der Waals surface area contributed by atoms with Crippen molar-refractivity contribution in [1.82, 2.24) is 14.5 Å². The Bertz CT molecular complexity index is 563. The van der Waals surface area contributed by atoms with Crippen molar-refractivity contribution in [2.24, 2.45) is 0 Å². The van der Waals surface area contributed by atoms with E-state index in [9.17, 15) is 4.79 Å². The molecule has 0 unspecified atom stereocenters. The lowest BCUT2D eigenvalue weighted by Crippen LogP contribution is -2.20. The van der Waals surface area contributed by atoms with Crippen molar-refractivity contribution < 1.29 is 0 Å². The molecule has 1 aliphatic rings. The zero-order valence-electron chi connectivity index (χ0n) is 7.30. The smallest absolute Gasteiger partial charge is 0.263 e. The maximum atomic E-state index is 11.9. The van der Waals surface area contributed by atoms with Crippen LogP contribution in [0.25, 0.3) is 11.0 Å². The number of hydrogen-bond acceptors (Lipinski definition) is 4. The van der Waals surface area contributed by atoms with Crippen LogP contribution in [0.2, 0.25) is 0 Å². The molecule has 5 heteroatoms. The van der Waals surface area contributed by atoms with Gasteiger partial charge in [0.15, 0.2) is 10.8 Å². The molecule has 0 aromatic carbocycles. The van der Waals surface area contributed by atoms with Gasteiger partial charge in [0.2, 0.25) is 0 Å². The van der Waals surface area contributed by atoms with E-state index >= 15 is 0 Å². The van der Waals surface area contributed by atoms with Gasteiger partial charge in [-0.2, -0.15) is 0 Å². The molecular weight excluding hydrogens is 198 g/mol. The summed E-state index contributed by atoms with van der Waals surface area (Å²) in [4.78, 5) is 20.3.